The predicted octanol–water partition coefficient (Wildman–Crippen LogP) is 1.55. The van der Waals surface area contributed by atoms with Crippen molar-refractivity contribution < 1.29 is 17.7 Å². The van der Waals surface area contributed by atoms with Crippen LogP contribution in [0, 0.1) is 15.9 Å². The first kappa shape index (κ1) is 15.1. The summed E-state index contributed by atoms with van der Waals surface area (Å²) >= 11 is 0. The molecule has 0 saturated heterocycles. The highest BCUT2D eigenvalue weighted by molar-refractivity contribution is 7.89. The van der Waals surface area contributed by atoms with Gasteiger partial charge in [0.1, 0.15) is 0 Å². The SMILES string of the molecule is Cn1ccc(CNS(=O)(=O)c2ccc([N+](=O)[O-])c(F)c2)c1. The van der Waals surface area contributed by atoms with E-state index >= 15 is 0 Å². The van der Waals surface area contributed by atoms with Crippen molar-refractivity contribution in [3.8, 4) is 0 Å². The quantitative estimate of drug-likeness (QED) is 0.669. The molecule has 0 amide bonds. The Hall–Kier alpha value is -2.26. The van der Waals surface area contributed by atoms with Gasteiger partial charge in [0.25, 0.3) is 0 Å². The summed E-state index contributed by atoms with van der Waals surface area (Å²) in [5, 5.41) is 10.5. The van der Waals surface area contributed by atoms with Gasteiger partial charge in [-0.2, -0.15) is 4.39 Å². The van der Waals surface area contributed by atoms with E-state index in [0.29, 0.717) is 6.07 Å². The maximum atomic E-state index is 13.5. The molecular weight excluding hydrogens is 301 g/mol. The number of sulfonamides is 1. The Bertz CT molecular complexity index is 786. The van der Waals surface area contributed by atoms with Crippen LogP contribution in [0.4, 0.5) is 10.1 Å². The molecule has 0 radical (unpaired) electrons. The highest BCUT2D eigenvalue weighted by Gasteiger charge is 2.20. The van der Waals surface area contributed by atoms with E-state index in [2.05, 4.69) is 4.72 Å². The summed E-state index contributed by atoms with van der Waals surface area (Å²) in [5.41, 5.74) is -0.0273. The Morgan fingerprint density at radius 1 is 1.38 bits per heavy atom. The lowest BCUT2D eigenvalue weighted by Gasteiger charge is -2.06. The average Bonchev–Trinajstić information content (AvgIpc) is 2.82. The fourth-order valence-electron chi connectivity index (χ4n) is 1.73. The number of benzene rings is 1. The van der Waals surface area contributed by atoms with E-state index in [1.165, 1.54) is 0 Å². The molecule has 0 bridgehead atoms. The number of hydrogen-bond donors (Lipinski definition) is 1. The van der Waals surface area contributed by atoms with Crippen LogP contribution in [0.5, 0.6) is 0 Å². The normalized spacial score (nSPS) is 11.5. The topological polar surface area (TPSA) is 94.2 Å². The maximum Gasteiger partial charge on any atom is 0.304 e. The molecule has 2 aromatic rings. The molecule has 1 aromatic carbocycles. The van der Waals surface area contributed by atoms with Gasteiger partial charge in [-0.1, -0.05) is 0 Å². The number of rotatable bonds is 5. The van der Waals surface area contributed by atoms with E-state index in [1.807, 2.05) is 0 Å². The molecule has 1 heterocycles. The summed E-state index contributed by atoms with van der Waals surface area (Å²) < 4.78 is 41.5. The number of nitrogens with one attached hydrogen (secondary N) is 1. The standard InChI is InChI=1S/C12H12FN3O4S/c1-15-5-4-9(8-15)7-14-21(19,20)10-2-3-12(16(17)18)11(13)6-10/h2-6,8,14H,7H2,1H3. The molecule has 0 aliphatic rings. The van der Waals surface area contributed by atoms with Gasteiger partial charge in [-0.05, 0) is 17.7 Å². The molecule has 0 aliphatic carbocycles. The van der Waals surface area contributed by atoms with Gasteiger partial charge < -0.3 is 4.57 Å². The monoisotopic (exact) mass is 313 g/mol. The Morgan fingerprint density at radius 3 is 2.62 bits per heavy atom. The summed E-state index contributed by atoms with van der Waals surface area (Å²) in [6.45, 7) is 0.0434. The summed E-state index contributed by atoms with van der Waals surface area (Å²) in [7, 11) is -2.14. The van der Waals surface area contributed by atoms with Crippen molar-refractivity contribution in [1.82, 2.24) is 9.29 Å². The minimum atomic E-state index is -3.94. The largest absolute Gasteiger partial charge is 0.357 e. The lowest BCUT2D eigenvalue weighted by molar-refractivity contribution is -0.387. The third-order valence-electron chi connectivity index (χ3n) is 2.79. The van der Waals surface area contributed by atoms with Gasteiger partial charge in [0, 0.05) is 38.1 Å². The fraction of sp³-hybridized carbons (Fsp3) is 0.167. The zero-order valence-electron chi connectivity index (χ0n) is 11.0. The second-order valence-electron chi connectivity index (χ2n) is 4.38. The predicted molar refractivity (Wildman–Crippen MR) is 72.5 cm³/mol. The minimum absolute atomic E-state index is 0.0434. The van der Waals surface area contributed by atoms with Crippen LogP contribution >= 0.6 is 0 Å². The number of nitro groups is 1. The van der Waals surface area contributed by atoms with Crippen LogP contribution in [-0.2, 0) is 23.6 Å². The van der Waals surface area contributed by atoms with Crippen LogP contribution in [0.1, 0.15) is 5.56 Å². The number of aryl methyl sites for hydroxylation is 1. The molecule has 0 unspecified atom stereocenters. The van der Waals surface area contributed by atoms with E-state index in [4.69, 9.17) is 0 Å². The zero-order chi connectivity index (χ0) is 15.6. The van der Waals surface area contributed by atoms with Crippen LogP contribution < -0.4 is 4.72 Å². The van der Waals surface area contributed by atoms with Gasteiger partial charge in [0.2, 0.25) is 15.8 Å². The molecule has 0 aliphatic heterocycles. The van der Waals surface area contributed by atoms with Gasteiger partial charge in [0.05, 0.1) is 9.82 Å². The Balaban J connectivity index is 2.19. The first-order valence-electron chi connectivity index (χ1n) is 5.84. The van der Waals surface area contributed by atoms with Gasteiger partial charge in [-0.15, -0.1) is 0 Å². The molecule has 9 heteroatoms. The van der Waals surface area contributed by atoms with E-state index in [0.717, 1.165) is 17.7 Å². The third kappa shape index (κ3) is 3.44. The van der Waals surface area contributed by atoms with Crippen molar-refractivity contribution in [1.29, 1.82) is 0 Å². The Kier molecular flexibility index (Phi) is 4.05. The van der Waals surface area contributed by atoms with E-state index in [9.17, 15) is 22.9 Å². The molecular formula is C12H12FN3O4S. The number of halogens is 1. The van der Waals surface area contributed by atoms with Crippen molar-refractivity contribution in [3.63, 3.8) is 0 Å². The van der Waals surface area contributed by atoms with Crippen LogP contribution in [-0.4, -0.2) is 17.9 Å². The van der Waals surface area contributed by atoms with E-state index < -0.39 is 26.5 Å². The number of aromatic nitrogens is 1. The molecule has 0 saturated carbocycles. The van der Waals surface area contributed by atoms with Gasteiger partial charge in [-0.3, -0.25) is 10.1 Å². The third-order valence-corrected chi connectivity index (χ3v) is 4.18. The highest BCUT2D eigenvalue weighted by Crippen LogP contribution is 2.20. The van der Waals surface area contributed by atoms with Gasteiger partial charge in [-0.25, -0.2) is 13.1 Å². The van der Waals surface area contributed by atoms with Crippen molar-refractivity contribution in [2.24, 2.45) is 7.05 Å². The molecule has 7 nitrogen and oxygen atoms in total. The zero-order valence-corrected chi connectivity index (χ0v) is 11.8. The van der Waals surface area contributed by atoms with Gasteiger partial charge in [0.15, 0.2) is 0 Å². The first-order valence-corrected chi connectivity index (χ1v) is 7.32. The minimum Gasteiger partial charge on any atom is -0.357 e. The molecule has 0 atom stereocenters. The van der Waals surface area contributed by atoms with Gasteiger partial charge >= 0.3 is 5.69 Å². The Labute approximate surface area is 120 Å². The molecule has 0 fully saturated rings. The number of nitro benzene ring substituents is 1. The fourth-order valence-corrected chi connectivity index (χ4v) is 2.76. The van der Waals surface area contributed by atoms with Crippen LogP contribution in [0.3, 0.4) is 0 Å². The summed E-state index contributed by atoms with van der Waals surface area (Å²) in [6.07, 6.45) is 3.49. The smallest absolute Gasteiger partial charge is 0.304 e. The van der Waals surface area contributed by atoms with Crippen molar-refractivity contribution in [2.45, 2.75) is 11.4 Å². The van der Waals surface area contributed by atoms with E-state index in [-0.39, 0.29) is 11.4 Å². The lowest BCUT2D eigenvalue weighted by atomic mass is 10.3. The molecule has 0 spiro atoms. The van der Waals surface area contributed by atoms with Crippen molar-refractivity contribution >= 4 is 15.7 Å². The van der Waals surface area contributed by atoms with Crippen LogP contribution in [0.2, 0.25) is 0 Å². The average molecular weight is 313 g/mol. The van der Waals surface area contributed by atoms with Crippen molar-refractivity contribution in [2.75, 3.05) is 0 Å². The molecule has 2 rings (SSSR count). The maximum absolute atomic E-state index is 13.5. The Morgan fingerprint density at radius 2 is 2.10 bits per heavy atom. The molecule has 1 aromatic heterocycles. The van der Waals surface area contributed by atoms with Crippen LogP contribution in [0.25, 0.3) is 0 Å². The second-order valence-corrected chi connectivity index (χ2v) is 6.15. The summed E-state index contributed by atoms with van der Waals surface area (Å²) in [5.74, 6) is -1.19. The molecule has 1 N–H and O–H groups in total. The lowest BCUT2D eigenvalue weighted by Crippen LogP contribution is -2.23. The highest BCUT2D eigenvalue weighted by atomic mass is 32.2. The first-order chi connectivity index (χ1) is 9.79. The second kappa shape index (κ2) is 5.62. The van der Waals surface area contributed by atoms with Crippen LogP contribution in [0.15, 0.2) is 41.6 Å². The molecule has 112 valence electrons. The summed E-state index contributed by atoms with van der Waals surface area (Å²) in [6, 6.07) is 4.19. The van der Waals surface area contributed by atoms with E-state index in [1.54, 1.807) is 30.1 Å². The molecule has 21 heavy (non-hydrogen) atoms. The number of nitrogens with zero attached hydrogens (tertiary/aromatic N) is 2. The summed E-state index contributed by atoms with van der Waals surface area (Å²) in [4.78, 5) is 9.22. The van der Waals surface area contributed by atoms with Crippen molar-refractivity contribution in [3.05, 3.63) is 58.2 Å². The number of hydrogen-bond acceptors (Lipinski definition) is 4.